The number of epoxide rings is 1. The van der Waals surface area contributed by atoms with Gasteiger partial charge in [0.1, 0.15) is 5.75 Å². The predicted molar refractivity (Wildman–Crippen MR) is 81.1 cm³/mol. The SMILES string of the molecule is CC(C)(CC1(C(F)(F)F)CO1)c1cc(S(C)(=O)=O)cc2c1OCC2. The van der Waals surface area contributed by atoms with Crippen LogP contribution < -0.4 is 4.74 Å². The van der Waals surface area contributed by atoms with Gasteiger partial charge in [0, 0.05) is 18.2 Å². The molecule has 0 radical (unpaired) electrons. The van der Waals surface area contributed by atoms with Crippen molar-refractivity contribution in [3.8, 4) is 5.75 Å². The lowest BCUT2D eigenvalue weighted by Gasteiger charge is -2.31. The van der Waals surface area contributed by atoms with Crippen molar-refractivity contribution in [2.45, 2.75) is 48.8 Å². The van der Waals surface area contributed by atoms with E-state index in [1.807, 2.05) is 0 Å². The Kier molecular flexibility index (Phi) is 3.73. The summed E-state index contributed by atoms with van der Waals surface area (Å²) in [6.45, 7) is 3.35. The molecule has 0 saturated carbocycles. The molecule has 1 atom stereocenters. The highest BCUT2D eigenvalue weighted by atomic mass is 32.2. The summed E-state index contributed by atoms with van der Waals surface area (Å²) in [6, 6.07) is 2.98. The van der Waals surface area contributed by atoms with Gasteiger partial charge in [-0.3, -0.25) is 0 Å². The molecule has 2 aliphatic rings. The van der Waals surface area contributed by atoms with Crippen molar-refractivity contribution in [3.05, 3.63) is 23.3 Å². The van der Waals surface area contributed by atoms with Gasteiger partial charge in [-0.2, -0.15) is 13.2 Å². The average Bonchev–Trinajstić information content (AvgIpc) is 3.04. The number of fused-ring (bicyclic) bond motifs is 1. The first-order valence-electron chi connectivity index (χ1n) is 7.57. The molecular weight excluding hydrogens is 345 g/mol. The first kappa shape index (κ1) is 17.5. The zero-order valence-electron chi connectivity index (χ0n) is 13.7. The maximum atomic E-state index is 13.2. The van der Waals surface area contributed by atoms with Gasteiger partial charge in [0.2, 0.25) is 0 Å². The summed E-state index contributed by atoms with van der Waals surface area (Å²) in [6.07, 6.45) is -3.11. The Balaban J connectivity index is 2.06. The van der Waals surface area contributed by atoms with Crippen molar-refractivity contribution in [2.75, 3.05) is 19.5 Å². The van der Waals surface area contributed by atoms with E-state index in [1.165, 1.54) is 6.07 Å². The van der Waals surface area contributed by atoms with Gasteiger partial charge in [-0.05, 0) is 29.5 Å². The minimum atomic E-state index is -4.46. The smallest absolute Gasteiger partial charge is 0.419 e. The van der Waals surface area contributed by atoms with E-state index in [-0.39, 0.29) is 17.9 Å². The number of alkyl halides is 3. The van der Waals surface area contributed by atoms with Crippen molar-refractivity contribution < 1.29 is 31.1 Å². The third-order valence-corrected chi connectivity index (χ3v) is 5.74. The molecule has 1 aromatic carbocycles. The van der Waals surface area contributed by atoms with Crippen LogP contribution in [0.1, 0.15) is 31.4 Å². The lowest BCUT2D eigenvalue weighted by Crippen LogP contribution is -2.39. The van der Waals surface area contributed by atoms with E-state index in [0.29, 0.717) is 24.3 Å². The number of sulfone groups is 1. The molecule has 8 heteroatoms. The molecule has 2 aliphatic heterocycles. The lowest BCUT2D eigenvalue weighted by molar-refractivity contribution is -0.188. The molecule has 1 fully saturated rings. The van der Waals surface area contributed by atoms with Crippen LogP contribution in [0.3, 0.4) is 0 Å². The second-order valence-electron chi connectivity index (χ2n) is 7.17. The molecule has 24 heavy (non-hydrogen) atoms. The van der Waals surface area contributed by atoms with Gasteiger partial charge in [-0.25, -0.2) is 8.42 Å². The molecule has 0 amide bonds. The Morgan fingerprint density at radius 3 is 2.38 bits per heavy atom. The minimum Gasteiger partial charge on any atom is -0.493 e. The van der Waals surface area contributed by atoms with Gasteiger partial charge in [-0.15, -0.1) is 0 Å². The van der Waals surface area contributed by atoms with Gasteiger partial charge in [0.15, 0.2) is 15.4 Å². The quantitative estimate of drug-likeness (QED) is 0.771. The Morgan fingerprint density at radius 1 is 1.25 bits per heavy atom. The molecule has 4 nitrogen and oxygen atoms in total. The van der Waals surface area contributed by atoms with E-state index in [0.717, 1.165) is 11.8 Å². The molecule has 1 unspecified atom stereocenters. The minimum absolute atomic E-state index is 0.104. The molecule has 0 aliphatic carbocycles. The number of ether oxygens (including phenoxy) is 2. The van der Waals surface area contributed by atoms with Crippen LogP contribution in [0, 0.1) is 0 Å². The van der Waals surface area contributed by atoms with Crippen LogP contribution in [-0.4, -0.2) is 39.7 Å². The lowest BCUT2D eigenvalue weighted by atomic mass is 9.76. The van der Waals surface area contributed by atoms with E-state index in [4.69, 9.17) is 9.47 Å². The number of benzene rings is 1. The highest BCUT2D eigenvalue weighted by molar-refractivity contribution is 7.90. The first-order valence-corrected chi connectivity index (χ1v) is 9.46. The molecule has 0 spiro atoms. The molecule has 134 valence electrons. The first-order chi connectivity index (χ1) is 10.9. The second-order valence-corrected chi connectivity index (χ2v) is 9.19. The summed E-state index contributed by atoms with van der Waals surface area (Å²) in [5.74, 6) is 0.505. The highest BCUT2D eigenvalue weighted by Gasteiger charge is 2.67. The fourth-order valence-corrected chi connectivity index (χ4v) is 3.95. The normalized spacial score (nSPS) is 23.8. The molecule has 0 aromatic heterocycles. The molecule has 1 saturated heterocycles. The fourth-order valence-electron chi connectivity index (χ4n) is 3.26. The summed E-state index contributed by atoms with van der Waals surface area (Å²) in [5.41, 5.74) is -1.90. The molecule has 1 aromatic rings. The summed E-state index contributed by atoms with van der Waals surface area (Å²) in [4.78, 5) is 0.104. The number of hydrogen-bond acceptors (Lipinski definition) is 4. The van der Waals surface area contributed by atoms with Crippen LogP contribution in [-0.2, 0) is 26.4 Å². The Labute approximate surface area is 138 Å². The van der Waals surface area contributed by atoms with Crippen LogP contribution in [0.2, 0.25) is 0 Å². The molecule has 0 N–H and O–H groups in total. The monoisotopic (exact) mass is 364 g/mol. The Morgan fingerprint density at radius 2 is 1.88 bits per heavy atom. The maximum Gasteiger partial charge on any atom is 0.419 e. The fraction of sp³-hybridized carbons (Fsp3) is 0.625. The van der Waals surface area contributed by atoms with Crippen molar-refractivity contribution in [3.63, 3.8) is 0 Å². The van der Waals surface area contributed by atoms with Crippen LogP contribution in [0.15, 0.2) is 17.0 Å². The molecular formula is C16H19F3O4S. The van der Waals surface area contributed by atoms with Gasteiger partial charge in [0.05, 0.1) is 18.1 Å². The summed E-state index contributed by atoms with van der Waals surface area (Å²) >= 11 is 0. The van der Waals surface area contributed by atoms with Gasteiger partial charge in [-0.1, -0.05) is 13.8 Å². The van der Waals surface area contributed by atoms with E-state index < -0.39 is 27.0 Å². The third kappa shape index (κ3) is 2.90. The molecule has 0 bridgehead atoms. The maximum absolute atomic E-state index is 13.2. The predicted octanol–water partition coefficient (Wildman–Crippen LogP) is 3.02. The van der Waals surface area contributed by atoms with E-state index in [1.54, 1.807) is 19.9 Å². The largest absolute Gasteiger partial charge is 0.493 e. The Bertz CT molecular complexity index is 777. The van der Waals surface area contributed by atoms with Crippen molar-refractivity contribution in [1.82, 2.24) is 0 Å². The zero-order valence-corrected chi connectivity index (χ0v) is 14.5. The summed E-state index contributed by atoms with van der Waals surface area (Å²) in [7, 11) is -3.47. The Hall–Kier alpha value is -1.28. The topological polar surface area (TPSA) is 55.9 Å². The average molecular weight is 364 g/mol. The van der Waals surface area contributed by atoms with Crippen molar-refractivity contribution in [1.29, 1.82) is 0 Å². The number of rotatable bonds is 4. The van der Waals surface area contributed by atoms with Crippen LogP contribution in [0.4, 0.5) is 13.2 Å². The summed E-state index contributed by atoms with van der Waals surface area (Å²) in [5, 5.41) is 0. The van der Waals surface area contributed by atoms with Gasteiger partial charge < -0.3 is 9.47 Å². The summed E-state index contributed by atoms with van der Waals surface area (Å²) < 4.78 is 73.9. The number of halogens is 3. The van der Waals surface area contributed by atoms with Crippen molar-refractivity contribution >= 4 is 9.84 Å². The highest BCUT2D eigenvalue weighted by Crippen LogP contribution is 2.52. The van der Waals surface area contributed by atoms with E-state index in [9.17, 15) is 21.6 Å². The van der Waals surface area contributed by atoms with E-state index in [2.05, 4.69) is 0 Å². The standard InChI is InChI=1S/C16H19F3O4S/c1-14(2,8-15(9-23-15)16(17,18)19)12-7-11(24(3,20)21)6-10-4-5-22-13(10)12/h6-7H,4-5,8-9H2,1-3H3. The van der Waals surface area contributed by atoms with Gasteiger partial charge >= 0.3 is 6.18 Å². The zero-order chi connectivity index (χ0) is 18.0. The molecule has 3 rings (SSSR count). The third-order valence-electron chi connectivity index (χ3n) is 4.65. The van der Waals surface area contributed by atoms with Gasteiger partial charge in [0.25, 0.3) is 0 Å². The van der Waals surface area contributed by atoms with Crippen molar-refractivity contribution in [2.24, 2.45) is 0 Å². The number of hydrogen-bond donors (Lipinski definition) is 0. The van der Waals surface area contributed by atoms with Crippen LogP contribution >= 0.6 is 0 Å². The van der Waals surface area contributed by atoms with Crippen LogP contribution in [0.25, 0.3) is 0 Å². The van der Waals surface area contributed by atoms with E-state index >= 15 is 0 Å². The second kappa shape index (κ2) is 5.11. The van der Waals surface area contributed by atoms with Crippen LogP contribution in [0.5, 0.6) is 5.75 Å². The molecule has 2 heterocycles.